The number of nitrogens with zero attached hydrogens (tertiary/aromatic N) is 1. The van der Waals surface area contributed by atoms with Crippen molar-refractivity contribution in [2.24, 2.45) is 0 Å². The van der Waals surface area contributed by atoms with Gasteiger partial charge in [-0.2, -0.15) is 0 Å². The number of carboxylic acids is 1. The van der Waals surface area contributed by atoms with Crippen molar-refractivity contribution in [1.29, 1.82) is 0 Å². The highest BCUT2D eigenvalue weighted by Crippen LogP contribution is 2.05. The Morgan fingerprint density at radius 1 is 1.30 bits per heavy atom. The number of likely N-dealkylation sites (N-methyl/N-ethyl adjacent to an activating group) is 1. The predicted molar refractivity (Wildman–Crippen MR) is 77.6 cm³/mol. The Labute approximate surface area is 119 Å². The molecule has 5 heteroatoms. The molecule has 0 fully saturated rings. The van der Waals surface area contributed by atoms with Crippen molar-refractivity contribution in [3.63, 3.8) is 0 Å². The second-order valence-corrected chi connectivity index (χ2v) is 4.78. The summed E-state index contributed by atoms with van der Waals surface area (Å²) in [5.41, 5.74) is 1.23. The van der Waals surface area contributed by atoms with Crippen LogP contribution in [0.3, 0.4) is 0 Å². The number of rotatable bonds is 7. The third kappa shape index (κ3) is 5.73. The molecule has 0 aliphatic heterocycles. The van der Waals surface area contributed by atoms with E-state index < -0.39 is 5.97 Å². The lowest BCUT2D eigenvalue weighted by Gasteiger charge is -2.22. The maximum atomic E-state index is 11.9. The SMILES string of the molecule is CCN(CC(=O)O)C(=O)NC(C)CCc1ccccc1. The van der Waals surface area contributed by atoms with Crippen LogP contribution in [-0.4, -0.2) is 41.1 Å². The van der Waals surface area contributed by atoms with Crippen LogP contribution in [0.5, 0.6) is 0 Å². The smallest absolute Gasteiger partial charge is 0.323 e. The van der Waals surface area contributed by atoms with Gasteiger partial charge in [-0.3, -0.25) is 4.79 Å². The molecule has 0 spiro atoms. The Morgan fingerprint density at radius 2 is 1.95 bits per heavy atom. The number of carbonyl (C=O) groups excluding carboxylic acids is 1. The zero-order chi connectivity index (χ0) is 15.0. The molecule has 1 atom stereocenters. The molecule has 0 heterocycles. The minimum atomic E-state index is -1.00. The van der Waals surface area contributed by atoms with Crippen LogP contribution in [0.15, 0.2) is 30.3 Å². The first-order valence-electron chi connectivity index (χ1n) is 6.84. The molecule has 1 rings (SSSR count). The molecular weight excluding hydrogens is 256 g/mol. The number of aryl methyl sites for hydroxylation is 1. The first kappa shape index (κ1) is 16.0. The van der Waals surface area contributed by atoms with Crippen LogP contribution in [-0.2, 0) is 11.2 Å². The Kier molecular flexibility index (Phi) is 6.56. The van der Waals surface area contributed by atoms with Crippen LogP contribution in [0.1, 0.15) is 25.8 Å². The predicted octanol–water partition coefficient (Wildman–Crippen LogP) is 2.12. The number of hydrogen-bond donors (Lipinski definition) is 2. The molecule has 0 saturated carbocycles. The fraction of sp³-hybridized carbons (Fsp3) is 0.467. The van der Waals surface area contributed by atoms with Crippen molar-refractivity contribution in [2.75, 3.05) is 13.1 Å². The van der Waals surface area contributed by atoms with Crippen LogP contribution in [0.2, 0.25) is 0 Å². The van der Waals surface area contributed by atoms with E-state index in [0.29, 0.717) is 6.54 Å². The second-order valence-electron chi connectivity index (χ2n) is 4.78. The average Bonchev–Trinajstić information content (AvgIpc) is 2.43. The average molecular weight is 278 g/mol. The van der Waals surface area contributed by atoms with Crippen molar-refractivity contribution in [3.8, 4) is 0 Å². The maximum absolute atomic E-state index is 11.9. The van der Waals surface area contributed by atoms with Crippen LogP contribution in [0, 0.1) is 0 Å². The molecule has 1 aromatic carbocycles. The van der Waals surface area contributed by atoms with Gasteiger partial charge in [-0.05, 0) is 32.3 Å². The minimum Gasteiger partial charge on any atom is -0.480 e. The van der Waals surface area contributed by atoms with Gasteiger partial charge in [0.2, 0.25) is 0 Å². The number of nitrogens with one attached hydrogen (secondary N) is 1. The lowest BCUT2D eigenvalue weighted by Crippen LogP contribution is -2.45. The lowest BCUT2D eigenvalue weighted by molar-refractivity contribution is -0.137. The summed E-state index contributed by atoms with van der Waals surface area (Å²) in [6.07, 6.45) is 1.70. The van der Waals surface area contributed by atoms with Gasteiger partial charge in [-0.1, -0.05) is 30.3 Å². The number of carbonyl (C=O) groups is 2. The summed E-state index contributed by atoms with van der Waals surface area (Å²) in [5.74, 6) is -1.00. The summed E-state index contributed by atoms with van der Waals surface area (Å²) in [5, 5.41) is 11.6. The zero-order valence-electron chi connectivity index (χ0n) is 12.0. The molecule has 2 N–H and O–H groups in total. The summed E-state index contributed by atoms with van der Waals surface area (Å²) in [6.45, 7) is 3.80. The zero-order valence-corrected chi connectivity index (χ0v) is 12.0. The molecule has 0 bridgehead atoms. The molecular formula is C15H22N2O3. The number of amides is 2. The number of benzene rings is 1. The highest BCUT2D eigenvalue weighted by Gasteiger charge is 2.16. The lowest BCUT2D eigenvalue weighted by atomic mass is 10.1. The molecule has 110 valence electrons. The minimum absolute atomic E-state index is 0.00514. The van der Waals surface area contributed by atoms with Gasteiger partial charge in [0.25, 0.3) is 0 Å². The first-order chi connectivity index (χ1) is 9.52. The first-order valence-corrected chi connectivity index (χ1v) is 6.84. The van der Waals surface area contributed by atoms with Gasteiger partial charge in [0.05, 0.1) is 0 Å². The van der Waals surface area contributed by atoms with E-state index in [4.69, 9.17) is 5.11 Å². The molecule has 1 aromatic rings. The van der Waals surface area contributed by atoms with Gasteiger partial charge in [0.1, 0.15) is 6.54 Å². The summed E-state index contributed by atoms with van der Waals surface area (Å²) < 4.78 is 0. The molecule has 1 unspecified atom stereocenters. The standard InChI is InChI=1S/C15H22N2O3/c1-3-17(11-14(18)19)15(20)16-12(2)9-10-13-7-5-4-6-8-13/h4-8,12H,3,9-11H2,1-2H3,(H,16,20)(H,18,19). The number of hydrogen-bond acceptors (Lipinski definition) is 2. The summed E-state index contributed by atoms with van der Waals surface area (Å²) in [6, 6.07) is 9.74. The third-order valence-corrected chi connectivity index (χ3v) is 3.07. The van der Waals surface area contributed by atoms with Crippen LogP contribution in [0.25, 0.3) is 0 Å². The van der Waals surface area contributed by atoms with Crippen molar-refractivity contribution >= 4 is 12.0 Å². The molecule has 0 aromatic heterocycles. The van der Waals surface area contributed by atoms with Gasteiger partial charge in [-0.25, -0.2) is 4.79 Å². The highest BCUT2D eigenvalue weighted by molar-refractivity contribution is 5.80. The molecule has 0 saturated heterocycles. The van der Waals surface area contributed by atoms with Gasteiger partial charge in [0.15, 0.2) is 0 Å². The van der Waals surface area contributed by atoms with Crippen LogP contribution >= 0.6 is 0 Å². The molecule has 20 heavy (non-hydrogen) atoms. The van der Waals surface area contributed by atoms with E-state index in [0.717, 1.165) is 12.8 Å². The summed E-state index contributed by atoms with van der Waals surface area (Å²) >= 11 is 0. The van der Waals surface area contributed by atoms with E-state index in [2.05, 4.69) is 17.4 Å². The number of carboxylic acid groups (broad SMARTS) is 1. The van der Waals surface area contributed by atoms with Gasteiger partial charge in [-0.15, -0.1) is 0 Å². The molecule has 0 radical (unpaired) electrons. The Balaban J connectivity index is 2.39. The maximum Gasteiger partial charge on any atom is 0.323 e. The number of aliphatic carboxylic acids is 1. The summed E-state index contributed by atoms with van der Waals surface area (Å²) in [7, 11) is 0. The third-order valence-electron chi connectivity index (χ3n) is 3.07. The molecule has 0 aliphatic rings. The van der Waals surface area contributed by atoms with E-state index in [1.165, 1.54) is 10.5 Å². The molecule has 0 aliphatic carbocycles. The Hall–Kier alpha value is -2.04. The van der Waals surface area contributed by atoms with Crippen molar-refractivity contribution in [2.45, 2.75) is 32.7 Å². The Bertz CT molecular complexity index is 434. The van der Waals surface area contributed by atoms with Crippen molar-refractivity contribution < 1.29 is 14.7 Å². The fourth-order valence-electron chi connectivity index (χ4n) is 1.89. The quantitative estimate of drug-likeness (QED) is 0.802. The van der Waals surface area contributed by atoms with E-state index in [1.54, 1.807) is 6.92 Å². The van der Waals surface area contributed by atoms with Gasteiger partial charge < -0.3 is 15.3 Å². The van der Waals surface area contributed by atoms with E-state index in [1.807, 2.05) is 25.1 Å². The summed E-state index contributed by atoms with van der Waals surface area (Å²) in [4.78, 5) is 23.8. The highest BCUT2D eigenvalue weighted by atomic mass is 16.4. The van der Waals surface area contributed by atoms with Gasteiger partial charge >= 0.3 is 12.0 Å². The van der Waals surface area contributed by atoms with Crippen LogP contribution in [0.4, 0.5) is 4.79 Å². The van der Waals surface area contributed by atoms with Crippen LogP contribution < -0.4 is 5.32 Å². The second kappa shape index (κ2) is 8.19. The van der Waals surface area contributed by atoms with E-state index >= 15 is 0 Å². The van der Waals surface area contributed by atoms with Gasteiger partial charge in [0, 0.05) is 12.6 Å². The Morgan fingerprint density at radius 3 is 2.50 bits per heavy atom. The monoisotopic (exact) mass is 278 g/mol. The fourth-order valence-corrected chi connectivity index (χ4v) is 1.89. The van der Waals surface area contributed by atoms with E-state index in [-0.39, 0.29) is 18.6 Å². The molecule has 5 nitrogen and oxygen atoms in total. The normalized spacial score (nSPS) is 11.7. The molecule has 2 amide bonds. The van der Waals surface area contributed by atoms with E-state index in [9.17, 15) is 9.59 Å². The van der Waals surface area contributed by atoms with Crippen molar-refractivity contribution in [1.82, 2.24) is 10.2 Å². The number of urea groups is 1. The van der Waals surface area contributed by atoms with Crippen molar-refractivity contribution in [3.05, 3.63) is 35.9 Å². The topological polar surface area (TPSA) is 69.6 Å². The largest absolute Gasteiger partial charge is 0.480 e.